The molecule has 0 N–H and O–H groups in total. The summed E-state index contributed by atoms with van der Waals surface area (Å²) >= 11 is 1.76. The molecule has 7 heavy (non-hydrogen) atoms. The second kappa shape index (κ2) is 2.35. The molecular formula is C6H6Te. The van der Waals surface area contributed by atoms with Crippen LogP contribution in [0.3, 0.4) is 0 Å². The van der Waals surface area contributed by atoms with E-state index in [-0.39, 0.29) is 0 Å². The van der Waals surface area contributed by atoms with Gasteiger partial charge in [-0.1, -0.05) is 0 Å². The van der Waals surface area contributed by atoms with Gasteiger partial charge in [0.05, 0.1) is 0 Å². The first-order valence-electron chi connectivity index (χ1n) is 2.13. The summed E-state index contributed by atoms with van der Waals surface area (Å²) in [5, 5.41) is 0. The third kappa shape index (κ3) is 1.51. The molecule has 0 spiro atoms. The zero-order valence-electron chi connectivity index (χ0n) is 3.83. The van der Waals surface area contributed by atoms with Gasteiger partial charge in [0.1, 0.15) is 0 Å². The van der Waals surface area contributed by atoms with Crippen LogP contribution in [0.15, 0.2) is 30.3 Å². The quantitative estimate of drug-likeness (QED) is 0.532. The Morgan fingerprint density at radius 3 is 1.86 bits per heavy atom. The van der Waals surface area contributed by atoms with Crippen molar-refractivity contribution in [2.75, 3.05) is 0 Å². The molecule has 0 aromatic heterocycles. The fourth-order valence-corrected chi connectivity index (χ4v) is 0.919. The molecule has 0 saturated heterocycles. The molecule has 0 fully saturated rings. The van der Waals surface area contributed by atoms with Crippen LogP contribution >= 0.6 is 0 Å². The van der Waals surface area contributed by atoms with Crippen molar-refractivity contribution in [1.82, 2.24) is 0 Å². The fourth-order valence-electron chi connectivity index (χ4n) is 0.428. The first-order valence-corrected chi connectivity index (χ1v) is 3.41. The average Bonchev–Trinajstić information content (AvgIpc) is 1.69. The number of hydrogen-bond donors (Lipinski definition) is 0. The van der Waals surface area contributed by atoms with Gasteiger partial charge < -0.3 is 0 Å². The third-order valence-corrected chi connectivity index (χ3v) is 1.61. The van der Waals surface area contributed by atoms with Crippen molar-refractivity contribution in [3.63, 3.8) is 0 Å². The van der Waals surface area contributed by atoms with Gasteiger partial charge in [-0.15, -0.1) is 0 Å². The molecular weight excluding hydrogens is 200 g/mol. The third-order valence-electron chi connectivity index (χ3n) is 0.756. The van der Waals surface area contributed by atoms with E-state index in [1.807, 2.05) is 18.2 Å². The Labute approximate surface area is 56.5 Å². The Kier molecular flexibility index (Phi) is 1.73. The second-order valence-electron chi connectivity index (χ2n) is 1.34. The summed E-state index contributed by atoms with van der Waals surface area (Å²) in [5.41, 5.74) is 0. The molecule has 0 radical (unpaired) electrons. The van der Waals surface area contributed by atoms with Crippen LogP contribution in [-0.4, -0.2) is 22.3 Å². The molecule has 0 aliphatic carbocycles. The van der Waals surface area contributed by atoms with Gasteiger partial charge in [-0.05, 0) is 0 Å². The summed E-state index contributed by atoms with van der Waals surface area (Å²) in [5.74, 6) is 0. The molecule has 0 unspecified atom stereocenters. The van der Waals surface area contributed by atoms with Crippen LogP contribution in [-0.2, 0) is 0 Å². The van der Waals surface area contributed by atoms with E-state index in [9.17, 15) is 0 Å². The van der Waals surface area contributed by atoms with E-state index in [1.165, 1.54) is 3.61 Å². The minimum absolute atomic E-state index is 1.37. The summed E-state index contributed by atoms with van der Waals surface area (Å²) < 4.78 is 1.37. The predicted octanol–water partition coefficient (Wildman–Crippen LogP) is 0.213. The molecule has 1 aromatic rings. The van der Waals surface area contributed by atoms with Crippen LogP contribution in [0.25, 0.3) is 0 Å². The van der Waals surface area contributed by atoms with E-state index in [0.717, 1.165) is 0 Å². The summed E-state index contributed by atoms with van der Waals surface area (Å²) in [6, 6.07) is 10.3. The Hall–Kier alpha value is 0.00961. The SMILES string of the molecule is [TeH]c1ccccc1. The summed E-state index contributed by atoms with van der Waals surface area (Å²) in [7, 11) is 0. The average molecular weight is 206 g/mol. The number of benzene rings is 1. The van der Waals surface area contributed by atoms with Gasteiger partial charge in [0, 0.05) is 0 Å². The summed E-state index contributed by atoms with van der Waals surface area (Å²) in [4.78, 5) is 0. The normalized spacial score (nSPS) is 8.71. The van der Waals surface area contributed by atoms with Crippen LogP contribution in [0.5, 0.6) is 0 Å². The standard InChI is InChI=1S/C6H6Te/c7-6-4-2-1-3-5-6/h1-5,7H. The summed E-state index contributed by atoms with van der Waals surface area (Å²) in [6.07, 6.45) is 0. The van der Waals surface area contributed by atoms with Crippen molar-refractivity contribution in [3.05, 3.63) is 30.3 Å². The molecule has 0 aliphatic rings. The first-order chi connectivity index (χ1) is 3.39. The summed E-state index contributed by atoms with van der Waals surface area (Å²) in [6.45, 7) is 0. The number of rotatable bonds is 0. The fraction of sp³-hybridized carbons (Fsp3) is 0. The van der Waals surface area contributed by atoms with Gasteiger partial charge >= 0.3 is 56.2 Å². The Bertz CT molecular complexity index is 134. The monoisotopic (exact) mass is 208 g/mol. The maximum absolute atomic E-state index is 2.11. The van der Waals surface area contributed by atoms with Crippen molar-refractivity contribution in [3.8, 4) is 0 Å². The Morgan fingerprint density at radius 1 is 1.00 bits per heavy atom. The van der Waals surface area contributed by atoms with Crippen molar-refractivity contribution >= 4 is 25.9 Å². The molecule has 0 aliphatic heterocycles. The van der Waals surface area contributed by atoms with Gasteiger partial charge in [0.15, 0.2) is 0 Å². The van der Waals surface area contributed by atoms with Crippen molar-refractivity contribution < 1.29 is 0 Å². The minimum atomic E-state index is 1.37. The zero-order chi connectivity index (χ0) is 5.11. The molecule has 36 valence electrons. The van der Waals surface area contributed by atoms with E-state index in [0.29, 0.717) is 0 Å². The van der Waals surface area contributed by atoms with Crippen LogP contribution in [0, 0.1) is 0 Å². The molecule has 1 heteroatoms. The van der Waals surface area contributed by atoms with Crippen LogP contribution in [0.4, 0.5) is 0 Å². The van der Waals surface area contributed by atoms with Crippen LogP contribution in [0.1, 0.15) is 0 Å². The molecule has 0 saturated carbocycles. The van der Waals surface area contributed by atoms with Gasteiger partial charge in [-0.25, -0.2) is 0 Å². The van der Waals surface area contributed by atoms with E-state index in [1.54, 1.807) is 22.3 Å². The molecule has 0 atom stereocenters. The van der Waals surface area contributed by atoms with Crippen LogP contribution < -0.4 is 3.61 Å². The molecule has 0 nitrogen and oxygen atoms in total. The zero-order valence-corrected chi connectivity index (χ0v) is 6.39. The van der Waals surface area contributed by atoms with Crippen molar-refractivity contribution in [2.45, 2.75) is 0 Å². The molecule has 0 bridgehead atoms. The van der Waals surface area contributed by atoms with E-state index < -0.39 is 0 Å². The first kappa shape index (κ1) is 5.15. The van der Waals surface area contributed by atoms with Gasteiger partial charge in [-0.3, -0.25) is 0 Å². The van der Waals surface area contributed by atoms with Crippen molar-refractivity contribution in [1.29, 1.82) is 0 Å². The van der Waals surface area contributed by atoms with Gasteiger partial charge in [0.25, 0.3) is 0 Å². The van der Waals surface area contributed by atoms with E-state index in [2.05, 4.69) is 12.1 Å². The van der Waals surface area contributed by atoms with Gasteiger partial charge in [0.2, 0.25) is 0 Å². The van der Waals surface area contributed by atoms with Gasteiger partial charge in [-0.2, -0.15) is 0 Å². The maximum atomic E-state index is 2.11. The topological polar surface area (TPSA) is 0 Å². The second-order valence-corrected chi connectivity index (χ2v) is 2.81. The van der Waals surface area contributed by atoms with E-state index >= 15 is 0 Å². The molecule has 0 heterocycles. The Morgan fingerprint density at radius 2 is 1.57 bits per heavy atom. The van der Waals surface area contributed by atoms with E-state index in [4.69, 9.17) is 0 Å². The molecule has 1 aromatic carbocycles. The predicted molar refractivity (Wildman–Crippen MR) is 33.2 cm³/mol. The van der Waals surface area contributed by atoms with Crippen LogP contribution in [0.2, 0.25) is 0 Å². The van der Waals surface area contributed by atoms with Crippen molar-refractivity contribution in [2.24, 2.45) is 0 Å². The Balaban J connectivity index is 3.02. The number of hydrogen-bond acceptors (Lipinski definition) is 0. The molecule has 1 rings (SSSR count). The molecule has 0 amide bonds.